The van der Waals surface area contributed by atoms with Crippen LogP contribution in [0.5, 0.6) is 0 Å². The van der Waals surface area contributed by atoms with Crippen molar-refractivity contribution in [2.45, 2.75) is 0 Å². The third-order valence-corrected chi connectivity index (χ3v) is 15.3. The molecule has 0 fully saturated rings. The van der Waals surface area contributed by atoms with Gasteiger partial charge in [0.1, 0.15) is 0 Å². The van der Waals surface area contributed by atoms with Crippen LogP contribution < -0.4 is 17.6 Å². The molecule has 0 N–H and O–H groups in total. The zero-order valence-corrected chi connectivity index (χ0v) is 17.4. The van der Waals surface area contributed by atoms with Gasteiger partial charge in [-0.2, -0.15) is 0 Å². The van der Waals surface area contributed by atoms with Crippen LogP contribution >= 0.6 is 0 Å². The average molecular weight is 407 g/mol. The Hall–Kier alpha value is -2.84. The van der Waals surface area contributed by atoms with Crippen LogP contribution in [0.1, 0.15) is 5.56 Å². The van der Waals surface area contributed by atoms with E-state index in [2.05, 4.69) is 122 Å². The van der Waals surface area contributed by atoms with Gasteiger partial charge in [-0.25, -0.2) is 0 Å². The molecule has 4 aromatic carbocycles. The Morgan fingerprint density at radius 3 is 1.11 bits per heavy atom. The molecule has 0 nitrogen and oxygen atoms in total. The van der Waals surface area contributed by atoms with Crippen molar-refractivity contribution in [3.63, 3.8) is 0 Å². The van der Waals surface area contributed by atoms with Crippen molar-refractivity contribution in [1.82, 2.24) is 0 Å². The molecule has 0 bridgehead atoms. The van der Waals surface area contributed by atoms with Crippen molar-refractivity contribution >= 4 is 36.9 Å². The molecular weight excluding hydrogens is 385 g/mol. The van der Waals surface area contributed by atoms with Crippen LogP contribution in [-0.2, 0) is 0 Å². The normalized spacial score (nSPS) is 11.1. The third-order valence-electron chi connectivity index (χ3n) is 5.20. The van der Waals surface area contributed by atoms with Crippen molar-refractivity contribution in [3.05, 3.63) is 127 Å². The van der Waals surface area contributed by atoms with Gasteiger partial charge in [0.25, 0.3) is 0 Å². The minimum absolute atomic E-state index is 1.16. The van der Waals surface area contributed by atoms with E-state index in [0.717, 1.165) is 5.56 Å². The van der Waals surface area contributed by atoms with Crippen molar-refractivity contribution in [2.75, 3.05) is 0 Å². The van der Waals surface area contributed by atoms with Crippen LogP contribution in [0.3, 0.4) is 0 Å². The van der Waals surface area contributed by atoms with E-state index in [1.54, 1.807) is 0 Å². The Morgan fingerprint density at radius 1 is 0.444 bits per heavy atom. The molecule has 1 heteroatoms. The van der Waals surface area contributed by atoms with Gasteiger partial charge in [0, 0.05) is 0 Å². The second kappa shape index (κ2) is 7.81. The molecule has 0 heterocycles. The fourth-order valence-corrected chi connectivity index (χ4v) is 13.9. The van der Waals surface area contributed by atoms with E-state index < -0.39 is 13.3 Å². The van der Waals surface area contributed by atoms with Crippen LogP contribution in [0.25, 0.3) is 6.08 Å². The Morgan fingerprint density at radius 2 is 0.778 bits per heavy atom. The Balaban J connectivity index is 2.10. The van der Waals surface area contributed by atoms with E-state index in [-0.39, 0.29) is 0 Å². The summed E-state index contributed by atoms with van der Waals surface area (Å²) in [7, 11) is 0. The van der Waals surface area contributed by atoms with Crippen LogP contribution in [0.4, 0.5) is 0 Å². The average Bonchev–Trinajstić information content (AvgIpc) is 2.77. The third kappa shape index (κ3) is 3.17. The molecular formula is C26H22Ge. The van der Waals surface area contributed by atoms with E-state index in [1.165, 1.54) is 17.6 Å². The molecule has 0 saturated heterocycles. The maximum atomic E-state index is 3.91. The first-order valence-corrected chi connectivity index (χ1v) is 13.4. The van der Waals surface area contributed by atoms with E-state index in [9.17, 15) is 0 Å². The van der Waals surface area contributed by atoms with E-state index in [0.29, 0.717) is 0 Å². The molecule has 27 heavy (non-hydrogen) atoms. The predicted molar refractivity (Wildman–Crippen MR) is 120 cm³/mol. The topological polar surface area (TPSA) is 0 Å². The van der Waals surface area contributed by atoms with E-state index in [4.69, 9.17) is 0 Å². The van der Waals surface area contributed by atoms with Gasteiger partial charge in [-0.15, -0.1) is 0 Å². The molecule has 0 aromatic heterocycles. The first-order valence-electron chi connectivity index (χ1n) is 9.25. The molecule has 0 atom stereocenters. The fourth-order valence-electron chi connectivity index (χ4n) is 3.93. The molecule has 4 rings (SSSR count). The van der Waals surface area contributed by atoms with Gasteiger partial charge in [-0.1, -0.05) is 0 Å². The minimum atomic E-state index is -3.07. The van der Waals surface area contributed by atoms with Crippen LogP contribution in [0.15, 0.2) is 122 Å². The quantitative estimate of drug-likeness (QED) is 0.443. The number of rotatable bonds is 5. The summed E-state index contributed by atoms with van der Waals surface area (Å²) in [6.07, 6.45) is 1.91. The van der Waals surface area contributed by atoms with Crippen LogP contribution in [-0.4, -0.2) is 13.3 Å². The Kier molecular flexibility index (Phi) is 5.08. The SMILES string of the molecule is C=Cc1cc[c]([Ge]([c]2ccccc2)([c]2ccccc2)[c]2ccccc2)cc1. The van der Waals surface area contributed by atoms with Crippen molar-refractivity contribution < 1.29 is 0 Å². The van der Waals surface area contributed by atoms with E-state index in [1.807, 2.05) is 6.08 Å². The zero-order valence-electron chi connectivity index (χ0n) is 15.3. The molecule has 0 unspecified atom stereocenters. The maximum absolute atomic E-state index is 3.91. The second-order valence-corrected chi connectivity index (χ2v) is 14.7. The van der Waals surface area contributed by atoms with Crippen molar-refractivity contribution in [1.29, 1.82) is 0 Å². The molecule has 130 valence electrons. The fraction of sp³-hybridized carbons (Fsp3) is 0. The van der Waals surface area contributed by atoms with Gasteiger partial charge in [0.2, 0.25) is 0 Å². The van der Waals surface area contributed by atoms with Crippen molar-refractivity contribution in [3.8, 4) is 0 Å². The monoisotopic (exact) mass is 408 g/mol. The summed E-state index contributed by atoms with van der Waals surface area (Å²) < 4.78 is 5.77. The summed E-state index contributed by atoms with van der Waals surface area (Å²) in [5.41, 5.74) is 1.16. The molecule has 0 amide bonds. The first-order chi connectivity index (χ1) is 13.4. The summed E-state index contributed by atoms with van der Waals surface area (Å²) in [5, 5.41) is 0. The molecule has 0 aliphatic heterocycles. The molecule has 0 aliphatic carbocycles. The summed E-state index contributed by atoms with van der Waals surface area (Å²) >= 11 is -3.07. The standard InChI is InChI=1S/C26H22Ge/c1-2-22-18-20-26(21-19-22)27(23-12-6-3-7-13-23,24-14-8-4-9-15-24)25-16-10-5-11-17-25/h2-21H,1H2. The summed E-state index contributed by atoms with van der Waals surface area (Å²) in [6.45, 7) is 3.91. The second-order valence-electron chi connectivity index (χ2n) is 6.67. The molecule has 0 radical (unpaired) electrons. The number of hydrogen-bond acceptors (Lipinski definition) is 0. The number of benzene rings is 4. The van der Waals surface area contributed by atoms with Crippen LogP contribution in [0, 0.1) is 0 Å². The van der Waals surface area contributed by atoms with Crippen LogP contribution in [0.2, 0.25) is 0 Å². The van der Waals surface area contributed by atoms with Gasteiger partial charge in [0.05, 0.1) is 0 Å². The summed E-state index contributed by atoms with van der Waals surface area (Å²) in [6, 6.07) is 42.2. The molecule has 0 aliphatic rings. The number of hydrogen-bond donors (Lipinski definition) is 0. The molecule has 4 aromatic rings. The molecule has 0 saturated carbocycles. The zero-order chi connectivity index (χ0) is 18.5. The molecule has 0 spiro atoms. The van der Waals surface area contributed by atoms with E-state index >= 15 is 0 Å². The van der Waals surface area contributed by atoms with Gasteiger partial charge in [0.15, 0.2) is 0 Å². The van der Waals surface area contributed by atoms with Gasteiger partial charge < -0.3 is 0 Å². The van der Waals surface area contributed by atoms with Crippen molar-refractivity contribution in [2.24, 2.45) is 0 Å². The Bertz CT molecular complexity index is 907. The van der Waals surface area contributed by atoms with Gasteiger partial charge in [-0.05, 0) is 0 Å². The van der Waals surface area contributed by atoms with Gasteiger partial charge >= 0.3 is 164 Å². The summed E-state index contributed by atoms with van der Waals surface area (Å²) in [4.78, 5) is 0. The Labute approximate surface area is 164 Å². The predicted octanol–water partition coefficient (Wildman–Crippen LogP) is 3.71. The van der Waals surface area contributed by atoms with Gasteiger partial charge in [-0.3, -0.25) is 0 Å². The summed E-state index contributed by atoms with van der Waals surface area (Å²) in [5.74, 6) is 0. The first kappa shape index (κ1) is 17.6.